The first kappa shape index (κ1) is 20.6. The number of alkyl carbamates (subject to hydrolysis) is 1. The van der Waals surface area contributed by atoms with Crippen LogP contribution in [0.5, 0.6) is 0 Å². The van der Waals surface area contributed by atoms with Gasteiger partial charge in [-0.05, 0) is 39.3 Å². The lowest BCUT2D eigenvalue weighted by Gasteiger charge is -2.19. The molecule has 2 aromatic carbocycles. The number of benzene rings is 2. The van der Waals surface area contributed by atoms with Gasteiger partial charge >= 0.3 is 6.09 Å². The first-order valence-electron chi connectivity index (χ1n) is 10.1. The number of para-hydroxylation sites is 1. The molecule has 0 atom stereocenters. The zero-order valence-corrected chi connectivity index (χ0v) is 18.0. The summed E-state index contributed by atoms with van der Waals surface area (Å²) >= 11 is 0. The lowest BCUT2D eigenvalue weighted by Crippen LogP contribution is -2.32. The number of fused-ring (bicyclic) bond motifs is 1. The molecule has 160 valence electrons. The smallest absolute Gasteiger partial charge is 0.408 e. The zero-order valence-electron chi connectivity index (χ0n) is 18.0. The van der Waals surface area contributed by atoms with Crippen molar-refractivity contribution in [2.75, 3.05) is 0 Å². The van der Waals surface area contributed by atoms with E-state index in [9.17, 15) is 4.79 Å². The number of ether oxygens (including phenoxy) is 1. The lowest BCUT2D eigenvalue weighted by molar-refractivity contribution is 0.0522. The van der Waals surface area contributed by atoms with Crippen molar-refractivity contribution >= 4 is 17.0 Å². The van der Waals surface area contributed by atoms with E-state index in [1.54, 1.807) is 20.8 Å². The van der Waals surface area contributed by atoms with Gasteiger partial charge in [0.2, 0.25) is 0 Å². The predicted molar refractivity (Wildman–Crippen MR) is 116 cm³/mol. The van der Waals surface area contributed by atoms with Crippen molar-refractivity contribution in [1.29, 1.82) is 0 Å². The Morgan fingerprint density at radius 1 is 1.16 bits per heavy atom. The average Bonchev–Trinajstić information content (AvgIpc) is 3.30. The minimum absolute atomic E-state index is 0.0976. The van der Waals surface area contributed by atoms with Crippen LogP contribution in [0.15, 0.2) is 53.1 Å². The Morgan fingerprint density at radius 2 is 1.97 bits per heavy atom. The van der Waals surface area contributed by atoms with E-state index in [2.05, 4.69) is 40.6 Å². The van der Waals surface area contributed by atoms with Gasteiger partial charge in [-0.25, -0.2) is 4.79 Å². The highest BCUT2D eigenvalue weighted by Crippen LogP contribution is 2.27. The Morgan fingerprint density at radius 3 is 2.74 bits per heavy atom. The van der Waals surface area contributed by atoms with Gasteiger partial charge in [-0.15, -0.1) is 0 Å². The SMILES string of the molecule is Cc1cccc(Cn2nc(-c3nc(CNC(=O)OC(C)(C)C)no3)c3ccccc32)c1. The van der Waals surface area contributed by atoms with Gasteiger partial charge in [0, 0.05) is 5.39 Å². The Kier molecular flexibility index (Phi) is 5.46. The monoisotopic (exact) mass is 419 g/mol. The largest absolute Gasteiger partial charge is 0.444 e. The van der Waals surface area contributed by atoms with Crippen molar-refractivity contribution in [3.8, 4) is 11.6 Å². The second kappa shape index (κ2) is 8.22. The number of amides is 1. The van der Waals surface area contributed by atoms with Gasteiger partial charge in [-0.1, -0.05) is 53.2 Å². The molecule has 31 heavy (non-hydrogen) atoms. The fourth-order valence-corrected chi connectivity index (χ4v) is 3.28. The second-order valence-corrected chi connectivity index (χ2v) is 8.38. The van der Waals surface area contributed by atoms with Crippen LogP contribution < -0.4 is 5.32 Å². The molecule has 0 saturated heterocycles. The first-order valence-corrected chi connectivity index (χ1v) is 10.1. The molecule has 0 unspecified atom stereocenters. The molecule has 0 aliphatic rings. The van der Waals surface area contributed by atoms with Crippen molar-refractivity contribution in [2.45, 2.75) is 46.4 Å². The third-order valence-electron chi connectivity index (χ3n) is 4.53. The van der Waals surface area contributed by atoms with E-state index < -0.39 is 11.7 Å². The van der Waals surface area contributed by atoms with E-state index >= 15 is 0 Å². The van der Waals surface area contributed by atoms with Gasteiger partial charge in [0.1, 0.15) is 5.60 Å². The average molecular weight is 419 g/mol. The van der Waals surface area contributed by atoms with Crippen molar-refractivity contribution in [2.24, 2.45) is 0 Å². The van der Waals surface area contributed by atoms with E-state index in [0.717, 1.165) is 16.5 Å². The molecule has 0 bridgehead atoms. The first-order chi connectivity index (χ1) is 14.8. The molecule has 1 amide bonds. The number of nitrogens with one attached hydrogen (secondary N) is 1. The molecule has 0 fully saturated rings. The fourth-order valence-electron chi connectivity index (χ4n) is 3.28. The molecule has 0 spiro atoms. The van der Waals surface area contributed by atoms with Crippen LogP contribution in [0, 0.1) is 6.92 Å². The molecular formula is C23H25N5O3. The maximum Gasteiger partial charge on any atom is 0.408 e. The highest BCUT2D eigenvalue weighted by atomic mass is 16.6. The van der Waals surface area contributed by atoms with Crippen LogP contribution in [-0.4, -0.2) is 31.6 Å². The summed E-state index contributed by atoms with van der Waals surface area (Å²) in [7, 11) is 0. The molecule has 8 nitrogen and oxygen atoms in total. The molecule has 1 N–H and O–H groups in total. The molecule has 4 aromatic rings. The van der Waals surface area contributed by atoms with Crippen LogP contribution in [0.1, 0.15) is 37.7 Å². The summed E-state index contributed by atoms with van der Waals surface area (Å²) in [6.45, 7) is 8.21. The van der Waals surface area contributed by atoms with Gasteiger partial charge in [0.25, 0.3) is 5.89 Å². The molecule has 0 saturated carbocycles. The zero-order chi connectivity index (χ0) is 22.0. The maximum atomic E-state index is 11.8. The third kappa shape index (κ3) is 4.91. The Balaban J connectivity index is 1.57. The quantitative estimate of drug-likeness (QED) is 0.513. The van der Waals surface area contributed by atoms with E-state index in [4.69, 9.17) is 14.4 Å². The summed E-state index contributed by atoms with van der Waals surface area (Å²) in [6.07, 6.45) is -0.535. The fraction of sp³-hybridized carbons (Fsp3) is 0.304. The number of hydrogen-bond acceptors (Lipinski definition) is 6. The summed E-state index contributed by atoms with van der Waals surface area (Å²) < 4.78 is 12.6. The number of hydrogen-bond donors (Lipinski definition) is 1. The number of carbonyl (C=O) groups excluding carboxylic acids is 1. The van der Waals surface area contributed by atoms with Crippen LogP contribution in [-0.2, 0) is 17.8 Å². The number of rotatable bonds is 5. The summed E-state index contributed by atoms with van der Waals surface area (Å²) in [6, 6.07) is 16.3. The topological polar surface area (TPSA) is 95.1 Å². The molecule has 2 aromatic heterocycles. The molecule has 2 heterocycles. The molecule has 0 radical (unpaired) electrons. The van der Waals surface area contributed by atoms with Gasteiger partial charge in [0.15, 0.2) is 11.5 Å². The number of aromatic nitrogens is 4. The number of aryl methyl sites for hydroxylation is 1. The Bertz CT molecular complexity index is 1220. The lowest BCUT2D eigenvalue weighted by atomic mass is 10.1. The Labute approximate surface area is 180 Å². The van der Waals surface area contributed by atoms with Crippen LogP contribution in [0.4, 0.5) is 4.79 Å². The molecular weight excluding hydrogens is 394 g/mol. The van der Waals surface area contributed by atoms with Crippen molar-refractivity contribution in [1.82, 2.24) is 25.2 Å². The molecule has 4 rings (SSSR count). The molecule has 0 aliphatic carbocycles. The van der Waals surface area contributed by atoms with E-state index in [-0.39, 0.29) is 6.54 Å². The van der Waals surface area contributed by atoms with Gasteiger partial charge in [-0.3, -0.25) is 4.68 Å². The number of nitrogens with zero attached hydrogens (tertiary/aromatic N) is 4. The van der Waals surface area contributed by atoms with E-state index in [1.807, 2.05) is 35.0 Å². The van der Waals surface area contributed by atoms with Crippen LogP contribution in [0.3, 0.4) is 0 Å². The maximum absolute atomic E-state index is 11.8. The second-order valence-electron chi connectivity index (χ2n) is 8.38. The molecule has 8 heteroatoms. The van der Waals surface area contributed by atoms with Crippen molar-refractivity contribution in [3.63, 3.8) is 0 Å². The summed E-state index contributed by atoms with van der Waals surface area (Å²) in [5, 5.41) is 12.3. The van der Waals surface area contributed by atoms with Crippen molar-refractivity contribution < 1.29 is 14.1 Å². The van der Waals surface area contributed by atoms with Gasteiger partial charge < -0.3 is 14.6 Å². The Hall–Kier alpha value is -3.68. The predicted octanol–water partition coefficient (Wildman–Crippen LogP) is 4.47. The minimum atomic E-state index is -0.574. The van der Waals surface area contributed by atoms with Crippen molar-refractivity contribution in [3.05, 3.63) is 65.5 Å². The summed E-state index contributed by atoms with van der Waals surface area (Å²) in [4.78, 5) is 16.3. The van der Waals surface area contributed by atoms with Gasteiger partial charge in [0.05, 0.1) is 18.6 Å². The van der Waals surface area contributed by atoms with Crippen LogP contribution in [0.25, 0.3) is 22.5 Å². The summed E-state index contributed by atoms with van der Waals surface area (Å²) in [5.41, 5.74) is 3.38. The summed E-state index contributed by atoms with van der Waals surface area (Å²) in [5.74, 6) is 0.651. The standard InChI is InChI=1S/C23H25N5O3/c1-15-8-7-9-16(12-15)14-28-18-11-6-5-10-17(18)20(26-28)21-25-19(27-31-21)13-24-22(29)30-23(2,3)4/h5-12H,13-14H2,1-4H3,(H,24,29). The van der Waals surface area contributed by atoms with E-state index in [1.165, 1.54) is 5.56 Å². The van der Waals surface area contributed by atoms with Crippen LogP contribution in [0.2, 0.25) is 0 Å². The number of carbonyl (C=O) groups is 1. The third-order valence-corrected chi connectivity index (χ3v) is 4.53. The highest BCUT2D eigenvalue weighted by Gasteiger charge is 2.20. The minimum Gasteiger partial charge on any atom is -0.444 e. The highest BCUT2D eigenvalue weighted by molar-refractivity contribution is 5.91. The van der Waals surface area contributed by atoms with E-state index in [0.29, 0.717) is 24.0 Å². The normalized spacial score (nSPS) is 11.6. The molecule has 0 aliphatic heterocycles. The van der Waals surface area contributed by atoms with Gasteiger partial charge in [-0.2, -0.15) is 10.1 Å². The van der Waals surface area contributed by atoms with Crippen LogP contribution >= 0.6 is 0 Å².